The van der Waals surface area contributed by atoms with Gasteiger partial charge in [0, 0.05) is 25.6 Å². The van der Waals surface area contributed by atoms with Gasteiger partial charge < -0.3 is 15.4 Å². The van der Waals surface area contributed by atoms with Crippen LogP contribution in [-0.2, 0) is 9.53 Å². The smallest absolute Gasteiger partial charge is 0.305 e. The number of rotatable bonds is 3. The number of ether oxygens (including phenoxy) is 1. The molecule has 1 heterocycles. The molecule has 13 heavy (non-hydrogen) atoms. The molecule has 0 radical (unpaired) electrons. The molecule has 2 N–H and O–H groups in total. The summed E-state index contributed by atoms with van der Waals surface area (Å²) in [6.45, 7) is 1.93. The molecule has 0 saturated carbocycles. The van der Waals surface area contributed by atoms with Gasteiger partial charge in [-0.15, -0.1) is 0 Å². The van der Waals surface area contributed by atoms with Gasteiger partial charge in [-0.3, -0.25) is 4.79 Å². The number of esters is 1. The molecule has 1 rings (SSSR count). The number of methoxy groups -OCH3 is 1. The number of hydrogen-bond donors (Lipinski definition) is 1. The van der Waals surface area contributed by atoms with Crippen molar-refractivity contribution in [1.82, 2.24) is 4.90 Å². The zero-order chi connectivity index (χ0) is 9.84. The Kier molecular flexibility index (Phi) is 3.69. The molecule has 0 aromatic heterocycles. The van der Waals surface area contributed by atoms with Crippen molar-refractivity contribution >= 4 is 5.97 Å². The van der Waals surface area contributed by atoms with Gasteiger partial charge in [0.1, 0.15) is 0 Å². The van der Waals surface area contributed by atoms with Gasteiger partial charge in [0.05, 0.1) is 7.11 Å². The fourth-order valence-electron chi connectivity index (χ4n) is 1.83. The summed E-state index contributed by atoms with van der Waals surface area (Å²) < 4.78 is 4.58. The van der Waals surface area contributed by atoms with Crippen molar-refractivity contribution in [1.29, 1.82) is 0 Å². The van der Waals surface area contributed by atoms with Gasteiger partial charge in [-0.05, 0) is 19.4 Å². The van der Waals surface area contributed by atoms with Gasteiger partial charge in [-0.25, -0.2) is 0 Å². The Balaban J connectivity index is 2.25. The maximum absolute atomic E-state index is 10.9. The summed E-state index contributed by atoms with van der Waals surface area (Å²) in [6.07, 6.45) is 1.33. The Morgan fingerprint density at radius 2 is 2.31 bits per heavy atom. The summed E-state index contributed by atoms with van der Waals surface area (Å²) in [4.78, 5) is 13.1. The maximum atomic E-state index is 10.9. The third-order valence-corrected chi connectivity index (χ3v) is 2.62. The van der Waals surface area contributed by atoms with E-state index in [0.29, 0.717) is 12.3 Å². The van der Waals surface area contributed by atoms with Crippen LogP contribution in [0.3, 0.4) is 0 Å². The molecule has 0 unspecified atom stereocenters. The molecule has 1 aliphatic rings. The van der Waals surface area contributed by atoms with Crippen LogP contribution in [0.2, 0.25) is 0 Å². The molecule has 2 atom stereocenters. The lowest BCUT2D eigenvalue weighted by Gasteiger charge is -2.12. The topological polar surface area (TPSA) is 55.6 Å². The van der Waals surface area contributed by atoms with Crippen molar-refractivity contribution in [3.05, 3.63) is 0 Å². The van der Waals surface area contributed by atoms with E-state index in [-0.39, 0.29) is 12.0 Å². The average Bonchev–Trinajstić information content (AvgIpc) is 2.41. The van der Waals surface area contributed by atoms with Crippen LogP contribution in [0.1, 0.15) is 12.8 Å². The maximum Gasteiger partial charge on any atom is 0.305 e. The zero-order valence-corrected chi connectivity index (χ0v) is 8.32. The molecule has 0 bridgehead atoms. The molecule has 76 valence electrons. The normalized spacial score (nSPS) is 29.2. The van der Waals surface area contributed by atoms with E-state index in [9.17, 15) is 4.79 Å². The van der Waals surface area contributed by atoms with Crippen LogP contribution in [-0.4, -0.2) is 44.2 Å². The highest BCUT2D eigenvalue weighted by molar-refractivity contribution is 5.69. The van der Waals surface area contributed by atoms with E-state index >= 15 is 0 Å². The molecular weight excluding hydrogens is 168 g/mol. The van der Waals surface area contributed by atoms with Gasteiger partial charge in [0.25, 0.3) is 0 Å². The zero-order valence-electron chi connectivity index (χ0n) is 8.32. The Morgan fingerprint density at radius 1 is 1.62 bits per heavy atom. The van der Waals surface area contributed by atoms with E-state index < -0.39 is 0 Å². The standard InChI is InChI=1S/C9H18N2O2/c1-11-5-7(8(10)6-11)3-4-9(12)13-2/h7-8H,3-6,10H2,1-2H3/t7-,8-/m0/s1. The first kappa shape index (κ1) is 10.5. The molecule has 0 spiro atoms. The summed E-state index contributed by atoms with van der Waals surface area (Å²) in [5.74, 6) is 0.311. The molecule has 0 amide bonds. The predicted molar refractivity (Wildman–Crippen MR) is 50.2 cm³/mol. The lowest BCUT2D eigenvalue weighted by molar-refractivity contribution is -0.140. The van der Waals surface area contributed by atoms with E-state index in [2.05, 4.69) is 16.7 Å². The number of hydrogen-bond acceptors (Lipinski definition) is 4. The monoisotopic (exact) mass is 186 g/mol. The van der Waals surface area contributed by atoms with Gasteiger partial charge in [-0.1, -0.05) is 0 Å². The minimum Gasteiger partial charge on any atom is -0.469 e. The number of nitrogens with two attached hydrogens (primary N) is 1. The molecule has 4 heteroatoms. The van der Waals surface area contributed by atoms with E-state index in [4.69, 9.17) is 5.73 Å². The van der Waals surface area contributed by atoms with Gasteiger partial charge >= 0.3 is 5.97 Å². The summed E-state index contributed by atoms with van der Waals surface area (Å²) in [5, 5.41) is 0. The first-order valence-electron chi connectivity index (χ1n) is 4.64. The fourth-order valence-corrected chi connectivity index (χ4v) is 1.83. The van der Waals surface area contributed by atoms with Crippen molar-refractivity contribution in [3.63, 3.8) is 0 Å². The first-order valence-corrected chi connectivity index (χ1v) is 4.64. The minimum absolute atomic E-state index is 0.137. The third-order valence-electron chi connectivity index (χ3n) is 2.62. The molecule has 1 saturated heterocycles. The van der Waals surface area contributed by atoms with E-state index in [1.165, 1.54) is 7.11 Å². The summed E-state index contributed by atoms with van der Waals surface area (Å²) >= 11 is 0. The summed E-state index contributed by atoms with van der Waals surface area (Å²) in [7, 11) is 3.47. The summed E-state index contributed by atoms with van der Waals surface area (Å²) in [6, 6.07) is 0.217. The van der Waals surface area contributed by atoms with Crippen LogP contribution in [0.5, 0.6) is 0 Å². The number of carbonyl (C=O) groups excluding carboxylic acids is 1. The quantitative estimate of drug-likeness (QED) is 0.622. The number of nitrogens with zero attached hydrogens (tertiary/aromatic N) is 1. The van der Waals surface area contributed by atoms with Crippen molar-refractivity contribution in [2.45, 2.75) is 18.9 Å². The Labute approximate surface area is 79.0 Å². The van der Waals surface area contributed by atoms with Gasteiger partial charge in [-0.2, -0.15) is 0 Å². The van der Waals surface area contributed by atoms with Crippen LogP contribution >= 0.6 is 0 Å². The number of likely N-dealkylation sites (tertiary alicyclic amines) is 1. The molecule has 0 aromatic rings. The lowest BCUT2D eigenvalue weighted by atomic mass is 9.99. The molecular formula is C9H18N2O2. The van der Waals surface area contributed by atoms with Crippen LogP contribution in [0, 0.1) is 5.92 Å². The number of likely N-dealkylation sites (N-methyl/N-ethyl adjacent to an activating group) is 1. The van der Waals surface area contributed by atoms with Crippen molar-refractivity contribution in [2.75, 3.05) is 27.2 Å². The van der Waals surface area contributed by atoms with Gasteiger partial charge in [0.2, 0.25) is 0 Å². The van der Waals surface area contributed by atoms with Crippen LogP contribution in [0.25, 0.3) is 0 Å². The lowest BCUT2D eigenvalue weighted by Crippen LogP contribution is -2.29. The second kappa shape index (κ2) is 4.58. The Bertz CT molecular complexity index is 184. The van der Waals surface area contributed by atoms with Crippen LogP contribution in [0.4, 0.5) is 0 Å². The van der Waals surface area contributed by atoms with E-state index in [0.717, 1.165) is 19.5 Å². The molecule has 1 fully saturated rings. The highest BCUT2D eigenvalue weighted by Gasteiger charge is 2.27. The molecule has 1 aliphatic heterocycles. The average molecular weight is 186 g/mol. The second-order valence-electron chi connectivity index (χ2n) is 3.76. The van der Waals surface area contributed by atoms with Crippen LogP contribution < -0.4 is 5.73 Å². The van der Waals surface area contributed by atoms with Crippen LogP contribution in [0.15, 0.2) is 0 Å². The number of carbonyl (C=O) groups is 1. The highest BCUT2D eigenvalue weighted by atomic mass is 16.5. The SMILES string of the molecule is COC(=O)CC[C@H]1CN(C)C[C@@H]1N. The molecule has 0 aromatic carbocycles. The minimum atomic E-state index is -0.137. The van der Waals surface area contributed by atoms with Gasteiger partial charge in [0.15, 0.2) is 0 Å². The van der Waals surface area contributed by atoms with Crippen molar-refractivity contribution in [3.8, 4) is 0 Å². The summed E-state index contributed by atoms with van der Waals surface area (Å²) in [5.41, 5.74) is 5.90. The first-order chi connectivity index (χ1) is 6.13. The third kappa shape index (κ3) is 2.97. The van der Waals surface area contributed by atoms with E-state index in [1.54, 1.807) is 0 Å². The fraction of sp³-hybridized carbons (Fsp3) is 0.889. The molecule has 0 aliphatic carbocycles. The van der Waals surface area contributed by atoms with E-state index in [1.807, 2.05) is 0 Å². The molecule has 4 nitrogen and oxygen atoms in total. The highest BCUT2D eigenvalue weighted by Crippen LogP contribution is 2.18. The van der Waals surface area contributed by atoms with Crippen molar-refractivity contribution in [2.24, 2.45) is 11.7 Å². The predicted octanol–water partition coefficient (Wildman–Crippen LogP) is -0.171. The van der Waals surface area contributed by atoms with Crippen molar-refractivity contribution < 1.29 is 9.53 Å². The largest absolute Gasteiger partial charge is 0.469 e. The Hall–Kier alpha value is -0.610. The Morgan fingerprint density at radius 3 is 2.77 bits per heavy atom. The second-order valence-corrected chi connectivity index (χ2v) is 3.76.